The molecule has 0 aliphatic heterocycles. The Bertz CT molecular complexity index is 406. The van der Waals surface area contributed by atoms with Crippen molar-refractivity contribution in [1.29, 1.82) is 0 Å². The molecule has 0 unspecified atom stereocenters. The smallest absolute Gasteiger partial charge is 0.0354 e. The summed E-state index contributed by atoms with van der Waals surface area (Å²) in [6.45, 7) is 0.966. The molecule has 4 saturated carbocycles. The summed E-state index contributed by atoms with van der Waals surface area (Å²) >= 11 is 0. The van der Waals surface area contributed by atoms with Crippen molar-refractivity contribution in [3.63, 3.8) is 0 Å². The van der Waals surface area contributed by atoms with Crippen LogP contribution < -0.4 is 5.32 Å². The summed E-state index contributed by atoms with van der Waals surface area (Å²) in [7, 11) is 2.02. The van der Waals surface area contributed by atoms with Crippen molar-refractivity contribution in [3.05, 3.63) is 23.5 Å². The fraction of sp³-hybridized carbons (Fsp3) is 0.750. The molecular formula is C16H24N2. The first kappa shape index (κ1) is 11.1. The van der Waals surface area contributed by atoms with Gasteiger partial charge in [-0.05, 0) is 75.0 Å². The first-order chi connectivity index (χ1) is 8.83. The van der Waals surface area contributed by atoms with Crippen LogP contribution in [0.15, 0.2) is 12.1 Å². The third-order valence-corrected chi connectivity index (χ3v) is 5.72. The largest absolute Gasteiger partial charge is 0.361 e. The van der Waals surface area contributed by atoms with Gasteiger partial charge < -0.3 is 10.3 Å². The van der Waals surface area contributed by atoms with Crippen LogP contribution in [0.2, 0.25) is 0 Å². The predicted molar refractivity (Wildman–Crippen MR) is 73.3 cm³/mol. The van der Waals surface area contributed by atoms with Crippen LogP contribution in [-0.2, 0) is 6.54 Å². The summed E-state index contributed by atoms with van der Waals surface area (Å²) in [4.78, 5) is 3.68. The van der Waals surface area contributed by atoms with Crippen molar-refractivity contribution < 1.29 is 0 Å². The SMILES string of the molecule is CNCc1ccc(C2C3CC4CC(C3)CC2C4)[nH]1. The number of aromatic amines is 1. The lowest BCUT2D eigenvalue weighted by Gasteiger charge is -2.54. The van der Waals surface area contributed by atoms with E-state index in [-0.39, 0.29) is 0 Å². The highest BCUT2D eigenvalue weighted by molar-refractivity contribution is 5.21. The van der Waals surface area contributed by atoms with Crippen molar-refractivity contribution in [2.75, 3.05) is 7.05 Å². The number of rotatable bonds is 3. The first-order valence-electron chi connectivity index (χ1n) is 7.66. The van der Waals surface area contributed by atoms with Gasteiger partial charge in [-0.2, -0.15) is 0 Å². The zero-order valence-corrected chi connectivity index (χ0v) is 11.3. The van der Waals surface area contributed by atoms with Crippen LogP contribution in [0.25, 0.3) is 0 Å². The summed E-state index contributed by atoms with van der Waals surface area (Å²) in [6, 6.07) is 4.64. The van der Waals surface area contributed by atoms with E-state index in [1.807, 2.05) is 7.05 Å². The maximum absolute atomic E-state index is 3.68. The van der Waals surface area contributed by atoms with Gasteiger partial charge in [0.25, 0.3) is 0 Å². The number of aromatic nitrogens is 1. The molecule has 0 aromatic carbocycles. The quantitative estimate of drug-likeness (QED) is 0.839. The third kappa shape index (κ3) is 1.65. The van der Waals surface area contributed by atoms with Gasteiger partial charge in [-0.15, -0.1) is 0 Å². The van der Waals surface area contributed by atoms with Gasteiger partial charge in [0.2, 0.25) is 0 Å². The molecule has 0 radical (unpaired) electrons. The lowest BCUT2D eigenvalue weighted by atomic mass is 9.51. The lowest BCUT2D eigenvalue weighted by molar-refractivity contribution is -0.00402. The zero-order chi connectivity index (χ0) is 12.1. The highest BCUT2D eigenvalue weighted by atomic mass is 14.9. The monoisotopic (exact) mass is 244 g/mol. The van der Waals surface area contributed by atoms with E-state index in [2.05, 4.69) is 22.4 Å². The molecular weight excluding hydrogens is 220 g/mol. The second kappa shape index (κ2) is 4.12. The normalized spacial score (nSPS) is 41.5. The Hall–Kier alpha value is -0.760. The van der Waals surface area contributed by atoms with Gasteiger partial charge in [0.05, 0.1) is 0 Å². The van der Waals surface area contributed by atoms with E-state index in [4.69, 9.17) is 0 Å². The Balaban J connectivity index is 1.60. The Morgan fingerprint density at radius 2 is 1.72 bits per heavy atom. The molecule has 0 spiro atoms. The number of hydrogen-bond donors (Lipinski definition) is 2. The summed E-state index contributed by atoms with van der Waals surface area (Å²) in [5.41, 5.74) is 2.88. The maximum atomic E-state index is 3.68. The molecule has 4 bridgehead atoms. The topological polar surface area (TPSA) is 27.8 Å². The van der Waals surface area contributed by atoms with Crippen LogP contribution in [0.1, 0.15) is 49.4 Å². The molecule has 2 N–H and O–H groups in total. The summed E-state index contributed by atoms with van der Waals surface area (Å²) < 4.78 is 0. The number of H-pyrrole nitrogens is 1. The Morgan fingerprint density at radius 3 is 2.33 bits per heavy atom. The zero-order valence-electron chi connectivity index (χ0n) is 11.3. The van der Waals surface area contributed by atoms with Crippen LogP contribution in [0.4, 0.5) is 0 Å². The van der Waals surface area contributed by atoms with Crippen LogP contribution in [0.3, 0.4) is 0 Å². The van der Waals surface area contributed by atoms with E-state index in [1.165, 1.54) is 37.1 Å². The highest BCUT2D eigenvalue weighted by Crippen LogP contribution is 2.59. The molecule has 0 atom stereocenters. The van der Waals surface area contributed by atoms with E-state index in [1.54, 1.807) is 6.42 Å². The molecule has 2 heteroatoms. The minimum absolute atomic E-state index is 0.850. The van der Waals surface area contributed by atoms with Gasteiger partial charge >= 0.3 is 0 Å². The van der Waals surface area contributed by atoms with E-state index in [0.29, 0.717) is 0 Å². The second-order valence-electron chi connectivity index (χ2n) is 6.93. The first-order valence-corrected chi connectivity index (χ1v) is 7.66. The lowest BCUT2D eigenvalue weighted by Crippen LogP contribution is -2.43. The molecule has 1 heterocycles. The standard InChI is InChI=1S/C16H24N2/c1-17-9-14-2-3-15(18-14)16-12-5-10-4-11(7-12)8-13(16)6-10/h2-3,10-13,16-18H,4-9H2,1H3. The highest BCUT2D eigenvalue weighted by Gasteiger charge is 2.48. The van der Waals surface area contributed by atoms with Crippen molar-refractivity contribution in [2.24, 2.45) is 23.7 Å². The van der Waals surface area contributed by atoms with Crippen LogP contribution in [0, 0.1) is 23.7 Å². The molecule has 18 heavy (non-hydrogen) atoms. The molecule has 0 saturated heterocycles. The second-order valence-corrected chi connectivity index (χ2v) is 6.93. The average molecular weight is 244 g/mol. The van der Waals surface area contributed by atoms with E-state index >= 15 is 0 Å². The number of hydrogen-bond acceptors (Lipinski definition) is 1. The summed E-state index contributed by atoms with van der Waals surface area (Å²) in [5.74, 6) is 4.99. The van der Waals surface area contributed by atoms with Gasteiger partial charge in [-0.3, -0.25) is 0 Å². The Labute approximate surface area is 110 Å². The summed E-state index contributed by atoms with van der Waals surface area (Å²) in [5, 5.41) is 3.23. The number of nitrogens with one attached hydrogen (secondary N) is 2. The van der Waals surface area contributed by atoms with Crippen molar-refractivity contribution in [3.8, 4) is 0 Å². The molecule has 0 amide bonds. The fourth-order valence-electron chi connectivity index (χ4n) is 5.38. The molecule has 98 valence electrons. The van der Waals surface area contributed by atoms with Crippen molar-refractivity contribution >= 4 is 0 Å². The van der Waals surface area contributed by atoms with E-state index < -0.39 is 0 Å². The molecule has 4 aliphatic rings. The van der Waals surface area contributed by atoms with Crippen LogP contribution in [0.5, 0.6) is 0 Å². The third-order valence-electron chi connectivity index (χ3n) is 5.72. The molecule has 4 aliphatic carbocycles. The fourth-order valence-corrected chi connectivity index (χ4v) is 5.38. The Morgan fingerprint density at radius 1 is 1.06 bits per heavy atom. The van der Waals surface area contributed by atoms with Gasteiger partial charge in [-0.1, -0.05) is 0 Å². The van der Waals surface area contributed by atoms with Gasteiger partial charge in [-0.25, -0.2) is 0 Å². The Kier molecular flexibility index (Phi) is 2.54. The minimum Gasteiger partial charge on any atom is -0.361 e. The van der Waals surface area contributed by atoms with Gasteiger partial charge in [0.15, 0.2) is 0 Å². The molecule has 2 nitrogen and oxygen atoms in total. The summed E-state index contributed by atoms with van der Waals surface area (Å²) in [6.07, 6.45) is 7.60. The molecule has 1 aromatic heterocycles. The van der Waals surface area contributed by atoms with Crippen LogP contribution >= 0.6 is 0 Å². The van der Waals surface area contributed by atoms with E-state index in [0.717, 1.165) is 36.1 Å². The van der Waals surface area contributed by atoms with E-state index in [9.17, 15) is 0 Å². The average Bonchev–Trinajstić information content (AvgIpc) is 2.76. The van der Waals surface area contributed by atoms with Gasteiger partial charge in [0, 0.05) is 23.9 Å². The molecule has 5 rings (SSSR count). The van der Waals surface area contributed by atoms with Crippen LogP contribution in [-0.4, -0.2) is 12.0 Å². The maximum Gasteiger partial charge on any atom is 0.0354 e. The van der Waals surface area contributed by atoms with Crippen molar-refractivity contribution in [1.82, 2.24) is 10.3 Å². The van der Waals surface area contributed by atoms with Crippen molar-refractivity contribution in [2.45, 2.75) is 44.6 Å². The molecule has 1 aromatic rings. The molecule has 4 fully saturated rings. The minimum atomic E-state index is 0.850. The van der Waals surface area contributed by atoms with Gasteiger partial charge in [0.1, 0.15) is 0 Å². The predicted octanol–water partition coefficient (Wildman–Crippen LogP) is 3.27.